The highest BCUT2D eigenvalue weighted by Gasteiger charge is 2.11. The van der Waals surface area contributed by atoms with Gasteiger partial charge in [-0.2, -0.15) is 0 Å². The molecule has 0 spiro atoms. The Morgan fingerprint density at radius 1 is 1.12 bits per heavy atom. The maximum absolute atomic E-state index is 12.0. The summed E-state index contributed by atoms with van der Waals surface area (Å²) in [4.78, 5) is 23.9. The Labute approximate surface area is 147 Å². The Morgan fingerprint density at radius 2 is 1.80 bits per heavy atom. The number of carboxylic acid groups (broad SMARTS) is 1. The Hall–Kier alpha value is -3.02. The minimum atomic E-state index is -0.934. The Morgan fingerprint density at radius 3 is 2.48 bits per heavy atom. The molecular weight excluding hydrogens is 320 g/mol. The van der Waals surface area contributed by atoms with Crippen LogP contribution in [0.15, 0.2) is 48.5 Å². The summed E-state index contributed by atoms with van der Waals surface area (Å²) in [6, 6.07) is 14.9. The van der Waals surface area contributed by atoms with Crippen molar-refractivity contribution in [2.45, 2.75) is 19.9 Å². The summed E-state index contributed by atoms with van der Waals surface area (Å²) < 4.78 is 5.89. The van der Waals surface area contributed by atoms with Crippen LogP contribution in [0.2, 0.25) is 0 Å². The Kier molecular flexibility index (Phi) is 6.39. The van der Waals surface area contributed by atoms with Gasteiger partial charge in [0, 0.05) is 25.7 Å². The monoisotopic (exact) mass is 342 g/mol. The number of para-hydroxylation sites is 1. The van der Waals surface area contributed by atoms with Gasteiger partial charge in [-0.15, -0.1) is 0 Å². The molecule has 6 heteroatoms. The first-order valence-corrected chi connectivity index (χ1v) is 7.99. The molecule has 0 saturated carbocycles. The highest BCUT2D eigenvalue weighted by Crippen LogP contribution is 2.25. The highest BCUT2D eigenvalue weighted by atomic mass is 16.5. The number of nitrogens with one attached hydrogen (secondary N) is 1. The minimum absolute atomic E-state index is 0.0863. The van der Waals surface area contributed by atoms with E-state index in [1.807, 2.05) is 55.5 Å². The summed E-state index contributed by atoms with van der Waals surface area (Å²) in [5, 5.41) is 11.4. The molecule has 0 aliphatic carbocycles. The lowest BCUT2D eigenvalue weighted by Gasteiger charge is -2.18. The SMILES string of the molecule is Cc1ccc(Oc2ccccc2CNC(=O)N(C)CCC(=O)O)cc1. The van der Waals surface area contributed by atoms with Gasteiger partial charge >= 0.3 is 12.0 Å². The van der Waals surface area contributed by atoms with Crippen LogP contribution in [0.1, 0.15) is 17.5 Å². The average Bonchev–Trinajstić information content (AvgIpc) is 2.60. The van der Waals surface area contributed by atoms with Crippen molar-refractivity contribution in [1.29, 1.82) is 0 Å². The van der Waals surface area contributed by atoms with Crippen LogP contribution >= 0.6 is 0 Å². The first-order chi connectivity index (χ1) is 12.0. The summed E-state index contributed by atoms with van der Waals surface area (Å²) in [5.41, 5.74) is 1.99. The molecule has 0 unspecified atom stereocenters. The third-order valence-electron chi connectivity index (χ3n) is 3.66. The van der Waals surface area contributed by atoms with Crippen LogP contribution in [0.3, 0.4) is 0 Å². The molecule has 2 aromatic carbocycles. The molecule has 0 atom stereocenters. The predicted octanol–water partition coefficient (Wildman–Crippen LogP) is 3.40. The van der Waals surface area contributed by atoms with Crippen LogP contribution in [-0.2, 0) is 11.3 Å². The lowest BCUT2D eigenvalue weighted by molar-refractivity contribution is -0.137. The third kappa shape index (κ3) is 5.84. The molecule has 2 N–H and O–H groups in total. The summed E-state index contributed by atoms with van der Waals surface area (Å²) in [7, 11) is 1.56. The van der Waals surface area contributed by atoms with Crippen LogP contribution in [0.25, 0.3) is 0 Å². The lowest BCUT2D eigenvalue weighted by atomic mass is 10.2. The molecule has 0 aliphatic heterocycles. The van der Waals surface area contributed by atoms with Crippen molar-refractivity contribution in [2.24, 2.45) is 0 Å². The standard InChI is InChI=1S/C19H22N2O4/c1-14-7-9-16(10-8-14)25-17-6-4-3-5-15(17)13-20-19(24)21(2)12-11-18(22)23/h3-10H,11-13H2,1-2H3,(H,20,24)(H,22,23). The normalized spacial score (nSPS) is 10.2. The summed E-state index contributed by atoms with van der Waals surface area (Å²) in [6.07, 6.45) is -0.0863. The second-order valence-electron chi connectivity index (χ2n) is 5.75. The number of hydrogen-bond acceptors (Lipinski definition) is 3. The van der Waals surface area contributed by atoms with Gasteiger partial charge in [-0.05, 0) is 25.1 Å². The predicted molar refractivity (Wildman–Crippen MR) is 94.8 cm³/mol. The number of carbonyl (C=O) groups is 2. The van der Waals surface area contributed by atoms with Crippen LogP contribution < -0.4 is 10.1 Å². The van der Waals surface area contributed by atoms with E-state index in [4.69, 9.17) is 9.84 Å². The van der Waals surface area contributed by atoms with Crippen molar-refractivity contribution < 1.29 is 19.4 Å². The molecule has 25 heavy (non-hydrogen) atoms. The number of ether oxygens (including phenoxy) is 1. The maximum atomic E-state index is 12.0. The zero-order valence-electron chi connectivity index (χ0n) is 14.4. The van der Waals surface area contributed by atoms with E-state index < -0.39 is 5.97 Å². The fourth-order valence-electron chi connectivity index (χ4n) is 2.15. The molecular formula is C19H22N2O4. The molecule has 0 radical (unpaired) electrons. The fraction of sp³-hybridized carbons (Fsp3) is 0.263. The Balaban J connectivity index is 1.97. The van der Waals surface area contributed by atoms with Crippen LogP contribution in [0.4, 0.5) is 4.79 Å². The summed E-state index contributed by atoms with van der Waals surface area (Å²) >= 11 is 0. The van der Waals surface area contributed by atoms with E-state index in [1.165, 1.54) is 4.90 Å². The molecule has 6 nitrogen and oxygen atoms in total. The first kappa shape index (κ1) is 18.3. The van der Waals surface area contributed by atoms with Crippen LogP contribution in [0.5, 0.6) is 11.5 Å². The van der Waals surface area contributed by atoms with Crippen molar-refractivity contribution in [1.82, 2.24) is 10.2 Å². The maximum Gasteiger partial charge on any atom is 0.317 e. The van der Waals surface area contributed by atoms with E-state index in [9.17, 15) is 9.59 Å². The van der Waals surface area contributed by atoms with Crippen LogP contribution in [0, 0.1) is 6.92 Å². The van der Waals surface area contributed by atoms with E-state index >= 15 is 0 Å². The number of urea groups is 1. The third-order valence-corrected chi connectivity index (χ3v) is 3.66. The van der Waals surface area contributed by atoms with Gasteiger partial charge in [0.1, 0.15) is 11.5 Å². The molecule has 2 amide bonds. The number of carboxylic acids is 1. The zero-order valence-corrected chi connectivity index (χ0v) is 14.4. The number of aliphatic carboxylic acids is 1. The number of aryl methyl sites for hydroxylation is 1. The van der Waals surface area contributed by atoms with Crippen molar-refractivity contribution in [2.75, 3.05) is 13.6 Å². The molecule has 2 aromatic rings. The lowest BCUT2D eigenvalue weighted by Crippen LogP contribution is -2.38. The van der Waals surface area contributed by atoms with E-state index in [0.29, 0.717) is 5.75 Å². The van der Waals surface area contributed by atoms with Gasteiger partial charge < -0.3 is 20.1 Å². The van der Waals surface area contributed by atoms with Crippen molar-refractivity contribution in [3.05, 3.63) is 59.7 Å². The van der Waals surface area contributed by atoms with Gasteiger partial charge in [0.2, 0.25) is 0 Å². The van der Waals surface area contributed by atoms with Crippen molar-refractivity contribution in [3.63, 3.8) is 0 Å². The van der Waals surface area contributed by atoms with Crippen LogP contribution in [-0.4, -0.2) is 35.6 Å². The molecule has 0 fully saturated rings. The largest absolute Gasteiger partial charge is 0.481 e. The van der Waals surface area contributed by atoms with Gasteiger partial charge in [0.25, 0.3) is 0 Å². The molecule has 132 valence electrons. The number of nitrogens with zero attached hydrogens (tertiary/aromatic N) is 1. The number of hydrogen-bond donors (Lipinski definition) is 2. The topological polar surface area (TPSA) is 78.9 Å². The second kappa shape index (κ2) is 8.73. The van der Waals surface area contributed by atoms with E-state index in [1.54, 1.807) is 7.05 Å². The van der Waals surface area contributed by atoms with Gasteiger partial charge in [0.15, 0.2) is 0 Å². The van der Waals surface area contributed by atoms with Gasteiger partial charge in [-0.25, -0.2) is 4.79 Å². The number of benzene rings is 2. The van der Waals surface area contributed by atoms with Gasteiger partial charge in [-0.1, -0.05) is 35.9 Å². The number of carbonyl (C=O) groups excluding carboxylic acids is 1. The molecule has 0 aliphatic rings. The summed E-state index contributed by atoms with van der Waals surface area (Å²) in [6.45, 7) is 2.45. The van der Waals surface area contributed by atoms with Gasteiger partial charge in [0.05, 0.1) is 6.42 Å². The molecule has 0 saturated heterocycles. The molecule has 2 rings (SSSR count). The fourth-order valence-corrected chi connectivity index (χ4v) is 2.15. The van der Waals surface area contributed by atoms with E-state index in [-0.39, 0.29) is 25.5 Å². The smallest absolute Gasteiger partial charge is 0.317 e. The molecule has 0 bridgehead atoms. The quantitative estimate of drug-likeness (QED) is 0.808. The minimum Gasteiger partial charge on any atom is -0.481 e. The average molecular weight is 342 g/mol. The van der Waals surface area contributed by atoms with E-state index in [2.05, 4.69) is 5.32 Å². The van der Waals surface area contributed by atoms with Crippen molar-refractivity contribution in [3.8, 4) is 11.5 Å². The van der Waals surface area contributed by atoms with E-state index in [0.717, 1.165) is 16.9 Å². The number of amides is 2. The Bertz CT molecular complexity index is 728. The first-order valence-electron chi connectivity index (χ1n) is 7.99. The van der Waals surface area contributed by atoms with Gasteiger partial charge in [-0.3, -0.25) is 4.79 Å². The summed E-state index contributed by atoms with van der Waals surface area (Å²) in [5.74, 6) is 0.458. The number of rotatable bonds is 7. The second-order valence-corrected chi connectivity index (χ2v) is 5.75. The molecule has 0 heterocycles. The highest BCUT2D eigenvalue weighted by molar-refractivity contribution is 5.75. The van der Waals surface area contributed by atoms with Crippen molar-refractivity contribution >= 4 is 12.0 Å². The molecule has 0 aromatic heterocycles. The zero-order chi connectivity index (χ0) is 18.2.